The van der Waals surface area contributed by atoms with Gasteiger partial charge >= 0.3 is 172 Å². The number of hydrogen-bond acceptors (Lipinski definition) is 0. The molecular formula is C22H40Cl2Si3Ti. The summed E-state index contributed by atoms with van der Waals surface area (Å²) < 4.78 is 3.89. The van der Waals surface area contributed by atoms with E-state index in [1.54, 1.807) is 21.9 Å². The third kappa shape index (κ3) is 5.58. The largest absolute Gasteiger partial charge is 1.00 e. The molecule has 6 heteroatoms. The predicted octanol–water partition coefficient (Wildman–Crippen LogP) is 1.53. The molecule has 0 aromatic carbocycles. The van der Waals surface area contributed by atoms with Crippen molar-refractivity contribution in [1.82, 2.24) is 0 Å². The second-order valence-corrected chi connectivity index (χ2v) is 32.9. The van der Waals surface area contributed by atoms with Gasteiger partial charge in [-0.2, -0.15) is 0 Å². The Kier molecular flexibility index (Phi) is 10.3. The molecule has 158 valence electrons. The fourth-order valence-electron chi connectivity index (χ4n) is 4.47. The van der Waals surface area contributed by atoms with Crippen LogP contribution in [0.15, 0.2) is 41.8 Å². The molecule has 2 aliphatic carbocycles. The van der Waals surface area contributed by atoms with E-state index in [-0.39, 0.29) is 31.0 Å². The van der Waals surface area contributed by atoms with Crippen molar-refractivity contribution < 1.29 is 41.4 Å². The minimum absolute atomic E-state index is 0. The Morgan fingerprint density at radius 1 is 0.893 bits per heavy atom. The van der Waals surface area contributed by atoms with Gasteiger partial charge < -0.3 is 24.8 Å². The van der Waals surface area contributed by atoms with E-state index in [1.807, 2.05) is 7.76 Å². The van der Waals surface area contributed by atoms with Gasteiger partial charge in [0.15, 0.2) is 0 Å². The number of allylic oxidation sites excluding steroid dienone is 8. The SMILES string of the molecule is CC1=C(C)C(C)[C]([Ti+2]([C]2=CC([Si](C)(C)C)=CC2[Si](C)(C)C)=[Si](C)C)=C1C.[Cl-].[Cl-]. The van der Waals surface area contributed by atoms with Gasteiger partial charge in [-0.25, -0.2) is 0 Å². The number of halogens is 2. The molecule has 0 heterocycles. The zero-order valence-electron chi connectivity index (χ0n) is 20.1. The van der Waals surface area contributed by atoms with Crippen molar-refractivity contribution in [1.29, 1.82) is 0 Å². The Labute approximate surface area is 195 Å². The molecule has 0 bridgehead atoms. The summed E-state index contributed by atoms with van der Waals surface area (Å²) in [5, 5.41) is 1.75. The Morgan fingerprint density at radius 3 is 1.71 bits per heavy atom. The fraction of sp³-hybridized carbons (Fsp3) is 0.636. The summed E-state index contributed by atoms with van der Waals surface area (Å²) in [4.78, 5) is 0. The van der Waals surface area contributed by atoms with Gasteiger partial charge in [-0.1, -0.05) is 0 Å². The second-order valence-electron chi connectivity index (χ2n) is 10.8. The van der Waals surface area contributed by atoms with E-state index in [0.29, 0.717) is 5.92 Å². The van der Waals surface area contributed by atoms with E-state index >= 15 is 0 Å². The molecule has 0 nitrogen and oxygen atoms in total. The van der Waals surface area contributed by atoms with Crippen LogP contribution in [0.4, 0.5) is 0 Å². The summed E-state index contributed by atoms with van der Waals surface area (Å²) in [6.45, 7) is 30.3. The van der Waals surface area contributed by atoms with Crippen molar-refractivity contribution in [3.05, 3.63) is 41.8 Å². The smallest absolute Gasteiger partial charge is 1.00 e. The van der Waals surface area contributed by atoms with Crippen LogP contribution in [0, 0.1) is 5.92 Å². The van der Waals surface area contributed by atoms with Crippen LogP contribution in [-0.4, -0.2) is 22.3 Å². The van der Waals surface area contributed by atoms with Crippen molar-refractivity contribution in [3.8, 4) is 0 Å². The van der Waals surface area contributed by atoms with E-state index in [2.05, 4.69) is 92.2 Å². The van der Waals surface area contributed by atoms with Crippen molar-refractivity contribution in [2.75, 3.05) is 0 Å². The fourth-order valence-corrected chi connectivity index (χ4v) is 23.4. The van der Waals surface area contributed by atoms with Crippen molar-refractivity contribution >= 4 is 22.3 Å². The molecule has 0 amide bonds. The van der Waals surface area contributed by atoms with Crippen LogP contribution < -0.4 is 24.8 Å². The number of hydrogen-bond donors (Lipinski definition) is 0. The van der Waals surface area contributed by atoms with Crippen LogP contribution in [0.3, 0.4) is 0 Å². The van der Waals surface area contributed by atoms with Gasteiger partial charge in [-0.05, 0) is 0 Å². The van der Waals surface area contributed by atoms with E-state index in [9.17, 15) is 0 Å². The van der Waals surface area contributed by atoms with Crippen molar-refractivity contribution in [2.45, 2.75) is 85.6 Å². The van der Waals surface area contributed by atoms with Crippen LogP contribution in [0.2, 0.25) is 57.9 Å². The van der Waals surface area contributed by atoms with Gasteiger partial charge in [0, 0.05) is 0 Å². The molecule has 0 radical (unpaired) electrons. The zero-order chi connectivity index (χ0) is 20.2. The summed E-state index contributed by atoms with van der Waals surface area (Å²) in [5.74, 6) is 0.698. The van der Waals surface area contributed by atoms with Gasteiger partial charge in [0.05, 0.1) is 0 Å². The zero-order valence-corrected chi connectivity index (χ0v) is 26.1. The molecule has 0 spiro atoms. The van der Waals surface area contributed by atoms with E-state index in [1.165, 1.54) is 0 Å². The first-order valence-corrected chi connectivity index (χ1v) is 23.7. The van der Waals surface area contributed by atoms with Crippen LogP contribution in [-0.2, 0) is 16.6 Å². The van der Waals surface area contributed by atoms with Crippen LogP contribution in [0.1, 0.15) is 27.7 Å². The average molecular weight is 508 g/mol. The normalized spacial score (nSPS) is 22.2. The molecule has 2 unspecified atom stereocenters. The Morgan fingerprint density at radius 2 is 1.39 bits per heavy atom. The topological polar surface area (TPSA) is 0 Å². The molecule has 0 saturated carbocycles. The van der Waals surface area contributed by atoms with Crippen molar-refractivity contribution in [2.24, 2.45) is 5.92 Å². The standard InChI is InChI=1S/C11H21Si2.C9H13.C2H6Si.2ClH.Ti/c1-12(2,3)10-7-8-11(9-10)13(4,5)6;1-6-5-7(2)9(4)8(6)3;1-3-2;;;/h7,9,11H,1-6H3;6H,1-4H3;1-2H3;2*1H;/q;;;;;+2/p-2. The molecular weight excluding hydrogens is 467 g/mol. The molecule has 2 aliphatic rings. The summed E-state index contributed by atoms with van der Waals surface area (Å²) in [7, 11) is -2.50. The van der Waals surface area contributed by atoms with Crippen LogP contribution >= 0.6 is 0 Å². The summed E-state index contributed by atoms with van der Waals surface area (Å²) in [5.41, 5.74) is 5.72. The summed E-state index contributed by atoms with van der Waals surface area (Å²) in [6.07, 6.45) is 5.23. The van der Waals surface area contributed by atoms with Gasteiger partial charge in [-0.15, -0.1) is 0 Å². The predicted molar refractivity (Wildman–Crippen MR) is 124 cm³/mol. The van der Waals surface area contributed by atoms with Gasteiger partial charge in [0.25, 0.3) is 0 Å². The third-order valence-corrected chi connectivity index (χ3v) is 23.0. The molecule has 28 heavy (non-hydrogen) atoms. The minimum atomic E-state index is -1.42. The first-order chi connectivity index (χ1) is 11.7. The first kappa shape index (κ1) is 28.9. The second kappa shape index (κ2) is 10.0. The monoisotopic (exact) mass is 506 g/mol. The maximum atomic E-state index is 2.76. The third-order valence-electron chi connectivity index (χ3n) is 6.49. The van der Waals surface area contributed by atoms with E-state index < -0.39 is 32.8 Å². The number of rotatable bonds is 4. The van der Waals surface area contributed by atoms with E-state index in [4.69, 9.17) is 0 Å². The quantitative estimate of drug-likeness (QED) is 0.507. The van der Waals surface area contributed by atoms with Gasteiger partial charge in [-0.3, -0.25) is 0 Å². The van der Waals surface area contributed by atoms with Crippen LogP contribution in [0.25, 0.3) is 0 Å². The first-order valence-electron chi connectivity index (χ1n) is 10.2. The molecule has 2 atom stereocenters. The van der Waals surface area contributed by atoms with Crippen molar-refractivity contribution in [3.63, 3.8) is 0 Å². The van der Waals surface area contributed by atoms with Gasteiger partial charge in [0.2, 0.25) is 0 Å². The van der Waals surface area contributed by atoms with Crippen LogP contribution in [0.5, 0.6) is 0 Å². The molecule has 0 N–H and O–H groups in total. The Hall–Kier alpha value is 0.905. The van der Waals surface area contributed by atoms with E-state index in [0.717, 1.165) is 5.54 Å². The molecule has 0 aromatic heterocycles. The molecule has 0 saturated heterocycles. The summed E-state index contributed by atoms with van der Waals surface area (Å²) >= 11 is -1.42. The average Bonchev–Trinajstić information content (AvgIpc) is 3.00. The maximum absolute atomic E-state index is 2.76. The molecule has 0 aliphatic heterocycles. The maximum Gasteiger partial charge on any atom is -1.00 e. The molecule has 0 fully saturated rings. The summed E-state index contributed by atoms with van der Waals surface area (Å²) in [6, 6.07) is 0. The molecule has 0 aromatic rings. The van der Waals surface area contributed by atoms with Gasteiger partial charge in [0.1, 0.15) is 0 Å². The Bertz CT molecular complexity index is 784. The minimum Gasteiger partial charge on any atom is -1.00 e. The molecule has 2 rings (SSSR count). The Balaban J connectivity index is 0.00000364.